The van der Waals surface area contributed by atoms with Crippen molar-refractivity contribution in [2.75, 3.05) is 40.8 Å². The molecule has 176 valence electrons. The number of carboxylic acids is 1. The van der Waals surface area contributed by atoms with Crippen LogP contribution in [0.3, 0.4) is 0 Å². The summed E-state index contributed by atoms with van der Waals surface area (Å²) in [7, 11) is 6.37. The zero-order valence-corrected chi connectivity index (χ0v) is 20.1. The van der Waals surface area contributed by atoms with Crippen molar-refractivity contribution in [2.45, 2.75) is 65.3 Å². The second-order valence-corrected chi connectivity index (χ2v) is 10.2. The van der Waals surface area contributed by atoms with E-state index in [1.807, 2.05) is 27.7 Å². The minimum absolute atomic E-state index is 0.00489. The van der Waals surface area contributed by atoms with E-state index in [2.05, 4.69) is 31.8 Å². The zero-order chi connectivity index (χ0) is 23.5. The van der Waals surface area contributed by atoms with Crippen LogP contribution in [0.15, 0.2) is 0 Å². The summed E-state index contributed by atoms with van der Waals surface area (Å²) in [5.41, 5.74) is 4.96. The quantitative estimate of drug-likeness (QED) is 0.219. The number of primary amides is 1. The van der Waals surface area contributed by atoms with Crippen LogP contribution in [0, 0.1) is 17.8 Å². The van der Waals surface area contributed by atoms with E-state index in [0.29, 0.717) is 32.4 Å². The van der Waals surface area contributed by atoms with Gasteiger partial charge < -0.3 is 26.0 Å². The Morgan fingerprint density at radius 3 is 2.20 bits per heavy atom. The van der Waals surface area contributed by atoms with Gasteiger partial charge in [0.25, 0.3) is 0 Å². The molecule has 0 fully saturated rings. The van der Waals surface area contributed by atoms with Crippen molar-refractivity contribution in [1.82, 2.24) is 10.6 Å². The molecule has 3 unspecified atom stereocenters. The maximum Gasteiger partial charge on any atom is 0.305 e. The molecule has 0 aromatic rings. The molecule has 0 aliphatic rings. The van der Waals surface area contributed by atoms with Gasteiger partial charge in [-0.3, -0.25) is 14.4 Å². The van der Waals surface area contributed by atoms with E-state index < -0.39 is 11.5 Å². The third-order valence-electron chi connectivity index (χ3n) is 5.41. The average Bonchev–Trinajstić information content (AvgIpc) is 2.58. The summed E-state index contributed by atoms with van der Waals surface area (Å²) in [5, 5.41) is 15.4. The molecule has 0 aromatic heterocycles. The molecule has 0 aliphatic carbocycles. The highest BCUT2D eigenvalue weighted by Crippen LogP contribution is 2.23. The topological polar surface area (TPSA) is 122 Å². The summed E-state index contributed by atoms with van der Waals surface area (Å²) >= 11 is 0. The second kappa shape index (κ2) is 12.9. The number of hydrogen-bond donors (Lipinski definition) is 4. The maximum atomic E-state index is 12.5. The molecule has 0 heterocycles. The Hall–Kier alpha value is -1.67. The number of carbonyl (C=O) groups is 3. The normalized spacial score (nSPS) is 15.3. The largest absolute Gasteiger partial charge is 0.481 e. The highest BCUT2D eigenvalue weighted by molar-refractivity contribution is 5.78. The molecule has 0 bridgehead atoms. The number of amides is 2. The smallest absolute Gasteiger partial charge is 0.305 e. The van der Waals surface area contributed by atoms with Crippen molar-refractivity contribution in [3.05, 3.63) is 0 Å². The Kier molecular flexibility index (Phi) is 12.2. The molecule has 0 saturated carbocycles. The molecule has 0 aliphatic heterocycles. The van der Waals surface area contributed by atoms with E-state index in [-0.39, 0.29) is 36.0 Å². The predicted molar refractivity (Wildman–Crippen MR) is 120 cm³/mol. The van der Waals surface area contributed by atoms with E-state index in [1.165, 1.54) is 0 Å². The van der Waals surface area contributed by atoms with Gasteiger partial charge in [-0.25, -0.2) is 0 Å². The first-order chi connectivity index (χ1) is 13.7. The predicted octanol–water partition coefficient (Wildman–Crippen LogP) is 1.59. The van der Waals surface area contributed by atoms with Gasteiger partial charge in [0.1, 0.15) is 0 Å². The van der Waals surface area contributed by atoms with Crippen LogP contribution in [0.25, 0.3) is 0 Å². The number of aliphatic carboxylic acids is 1. The Balaban J connectivity index is 4.89. The number of quaternary nitrogens is 1. The van der Waals surface area contributed by atoms with Crippen molar-refractivity contribution in [2.24, 2.45) is 23.5 Å². The minimum atomic E-state index is -0.866. The first kappa shape index (κ1) is 28.3. The average molecular weight is 430 g/mol. The summed E-state index contributed by atoms with van der Waals surface area (Å²) < 4.78 is 0.858. The highest BCUT2D eigenvalue weighted by Gasteiger charge is 2.27. The summed E-state index contributed by atoms with van der Waals surface area (Å²) in [6.45, 7) is 9.67. The number of hydrogen-bond acceptors (Lipinski definition) is 4. The highest BCUT2D eigenvalue weighted by atomic mass is 16.4. The lowest BCUT2D eigenvalue weighted by Gasteiger charge is -2.30. The molecule has 3 atom stereocenters. The summed E-state index contributed by atoms with van der Waals surface area (Å²) in [4.78, 5) is 35.3. The lowest BCUT2D eigenvalue weighted by atomic mass is 9.85. The summed E-state index contributed by atoms with van der Waals surface area (Å²) in [6.07, 6.45) is 2.75. The van der Waals surface area contributed by atoms with Crippen molar-refractivity contribution < 1.29 is 24.0 Å². The summed E-state index contributed by atoms with van der Waals surface area (Å²) in [5.74, 6) is -1.59. The van der Waals surface area contributed by atoms with Gasteiger partial charge in [0, 0.05) is 30.3 Å². The Morgan fingerprint density at radius 2 is 1.73 bits per heavy atom. The van der Waals surface area contributed by atoms with E-state index in [9.17, 15) is 14.4 Å². The Morgan fingerprint density at radius 1 is 1.13 bits per heavy atom. The molecule has 2 amide bonds. The number of nitrogens with zero attached hydrogens (tertiary/aromatic N) is 1. The first-order valence-corrected chi connectivity index (χ1v) is 11.0. The molecule has 8 nitrogen and oxygen atoms in total. The maximum absolute atomic E-state index is 12.5. The van der Waals surface area contributed by atoms with Gasteiger partial charge in [-0.05, 0) is 45.6 Å². The van der Waals surface area contributed by atoms with Crippen LogP contribution in [0.5, 0.6) is 0 Å². The van der Waals surface area contributed by atoms with E-state index >= 15 is 0 Å². The number of carbonyl (C=O) groups excluding carboxylic acids is 2. The standard InChI is InChI=1S/C22H44N4O4/c1-8-18(20(23)29)13-17(15-25-22(3,4)14-19(27)28)12-16(2)21(30)24-10-9-11-26(5,6)7/h16-18,25H,8-15H2,1-7H3,(H3-,23,24,27,28,29,30)/p+1. The molecule has 30 heavy (non-hydrogen) atoms. The Bertz CT molecular complexity index is 558. The molecule has 0 rings (SSSR count). The van der Waals surface area contributed by atoms with Crippen LogP contribution in [0.1, 0.15) is 59.8 Å². The monoisotopic (exact) mass is 429 g/mol. The zero-order valence-electron chi connectivity index (χ0n) is 20.1. The van der Waals surface area contributed by atoms with Gasteiger partial charge >= 0.3 is 5.97 Å². The van der Waals surface area contributed by atoms with Crippen molar-refractivity contribution in [1.29, 1.82) is 0 Å². The molecule has 0 aromatic carbocycles. The lowest BCUT2D eigenvalue weighted by molar-refractivity contribution is -0.870. The third kappa shape index (κ3) is 13.5. The van der Waals surface area contributed by atoms with E-state index in [0.717, 1.165) is 17.4 Å². The first-order valence-electron chi connectivity index (χ1n) is 11.0. The number of nitrogens with one attached hydrogen (secondary N) is 2. The fourth-order valence-electron chi connectivity index (χ4n) is 3.56. The Labute approximate surface area is 182 Å². The number of rotatable bonds is 16. The van der Waals surface area contributed by atoms with Crippen LogP contribution in [-0.4, -0.2) is 73.7 Å². The minimum Gasteiger partial charge on any atom is -0.481 e. The van der Waals surface area contributed by atoms with Gasteiger partial charge in [-0.1, -0.05) is 13.8 Å². The van der Waals surface area contributed by atoms with Crippen molar-refractivity contribution >= 4 is 17.8 Å². The number of carboxylic acid groups (broad SMARTS) is 1. The molecule has 8 heteroatoms. The fourth-order valence-corrected chi connectivity index (χ4v) is 3.56. The van der Waals surface area contributed by atoms with E-state index in [4.69, 9.17) is 10.8 Å². The fraction of sp³-hybridized carbons (Fsp3) is 0.864. The van der Waals surface area contributed by atoms with Crippen LogP contribution in [-0.2, 0) is 14.4 Å². The van der Waals surface area contributed by atoms with Gasteiger partial charge in [-0.15, -0.1) is 0 Å². The number of nitrogens with two attached hydrogens (primary N) is 1. The van der Waals surface area contributed by atoms with Gasteiger partial charge in [0.05, 0.1) is 34.1 Å². The SMILES string of the molecule is CCC(CC(CNC(C)(C)CC(=O)O)CC(C)C(=O)NCCC[N+](C)(C)C)C(N)=O. The van der Waals surface area contributed by atoms with Crippen LogP contribution < -0.4 is 16.4 Å². The van der Waals surface area contributed by atoms with E-state index in [1.54, 1.807) is 0 Å². The molecular weight excluding hydrogens is 384 g/mol. The summed E-state index contributed by atoms with van der Waals surface area (Å²) in [6, 6.07) is 0. The van der Waals surface area contributed by atoms with Crippen molar-refractivity contribution in [3.8, 4) is 0 Å². The lowest BCUT2D eigenvalue weighted by Crippen LogP contribution is -2.45. The third-order valence-corrected chi connectivity index (χ3v) is 5.41. The van der Waals surface area contributed by atoms with Gasteiger partial charge in [0.15, 0.2) is 0 Å². The molecular formula is C22H45N4O4+. The van der Waals surface area contributed by atoms with Crippen molar-refractivity contribution in [3.63, 3.8) is 0 Å². The van der Waals surface area contributed by atoms with Crippen LogP contribution in [0.4, 0.5) is 0 Å². The van der Waals surface area contributed by atoms with Gasteiger partial charge in [0.2, 0.25) is 11.8 Å². The van der Waals surface area contributed by atoms with Crippen LogP contribution in [0.2, 0.25) is 0 Å². The van der Waals surface area contributed by atoms with Crippen LogP contribution >= 0.6 is 0 Å². The molecule has 0 spiro atoms. The van der Waals surface area contributed by atoms with Gasteiger partial charge in [-0.2, -0.15) is 0 Å². The molecule has 0 saturated heterocycles. The second-order valence-electron chi connectivity index (χ2n) is 10.2. The molecule has 0 radical (unpaired) electrons. The molecule has 5 N–H and O–H groups in total.